The lowest BCUT2D eigenvalue weighted by molar-refractivity contribution is -0.346. The van der Waals surface area contributed by atoms with Gasteiger partial charge < -0.3 is 14.2 Å². The Kier molecular flexibility index (Phi) is 1.62. The summed E-state index contributed by atoms with van der Waals surface area (Å²) < 4.78 is 19.0. The monoisotopic (exact) mass is 256 g/mol. The third-order valence-corrected chi connectivity index (χ3v) is 9.36. The molecule has 0 N–H and O–H groups in total. The lowest BCUT2D eigenvalue weighted by Crippen LogP contribution is -2.65. The first-order valence-electron chi connectivity index (χ1n) is 6.61. The van der Waals surface area contributed by atoms with Crippen molar-refractivity contribution in [3.8, 4) is 0 Å². The smallest absolute Gasteiger partial charge is 0.170 e. The van der Waals surface area contributed by atoms with Crippen LogP contribution in [0.15, 0.2) is 0 Å². The fourth-order valence-electron chi connectivity index (χ4n) is 5.51. The van der Waals surface area contributed by atoms with Crippen LogP contribution in [0, 0.1) is 5.41 Å². The van der Waals surface area contributed by atoms with E-state index in [9.17, 15) is 0 Å². The topological polar surface area (TPSA) is 27.7 Å². The normalized spacial score (nSPS) is 71.5. The summed E-state index contributed by atoms with van der Waals surface area (Å²) in [7, 11) is -0.234. The molecule has 0 aliphatic carbocycles. The molecule has 3 bridgehead atoms. The van der Waals surface area contributed by atoms with Gasteiger partial charge in [-0.15, -0.1) is 0 Å². The van der Waals surface area contributed by atoms with Gasteiger partial charge in [0.15, 0.2) is 11.6 Å². The zero-order chi connectivity index (χ0) is 12.3. The zero-order valence-electron chi connectivity index (χ0n) is 11.3. The van der Waals surface area contributed by atoms with Crippen LogP contribution in [0.25, 0.3) is 0 Å². The molecule has 4 heterocycles. The van der Waals surface area contributed by atoms with Gasteiger partial charge in [-0.05, 0) is 41.8 Å². The van der Waals surface area contributed by atoms with Crippen molar-refractivity contribution in [2.45, 2.75) is 69.7 Å². The van der Waals surface area contributed by atoms with Crippen molar-refractivity contribution in [1.29, 1.82) is 0 Å². The molecule has 3 nitrogen and oxygen atoms in total. The van der Waals surface area contributed by atoms with Crippen molar-refractivity contribution in [3.63, 3.8) is 0 Å². The number of ether oxygens (including phenoxy) is 3. The molecule has 4 unspecified atom stereocenters. The van der Waals surface area contributed by atoms with Crippen LogP contribution in [0.5, 0.6) is 0 Å². The van der Waals surface area contributed by atoms with Gasteiger partial charge in [-0.3, -0.25) is 0 Å². The first-order chi connectivity index (χ1) is 7.73. The summed E-state index contributed by atoms with van der Waals surface area (Å²) in [4.78, 5) is 0. The Morgan fingerprint density at radius 1 is 0.882 bits per heavy atom. The van der Waals surface area contributed by atoms with Crippen molar-refractivity contribution in [2.24, 2.45) is 5.41 Å². The molecular formula is C13H21O3P. The number of rotatable bonds is 1. The average Bonchev–Trinajstić information content (AvgIpc) is 2.37. The molecule has 1 spiro atoms. The van der Waals surface area contributed by atoms with Gasteiger partial charge in [0.25, 0.3) is 0 Å². The Balaban J connectivity index is 1.94. The highest BCUT2D eigenvalue weighted by Gasteiger charge is 2.90. The number of hydrogen-bond acceptors (Lipinski definition) is 3. The second-order valence-electron chi connectivity index (χ2n) is 6.72. The average molecular weight is 256 g/mol. The summed E-state index contributed by atoms with van der Waals surface area (Å²) in [5.74, 6) is -0.850. The Hall–Kier alpha value is 0.310. The van der Waals surface area contributed by atoms with Crippen molar-refractivity contribution in [1.82, 2.24) is 0 Å². The van der Waals surface area contributed by atoms with Gasteiger partial charge in [0, 0.05) is 18.3 Å². The maximum absolute atomic E-state index is 6.41. The third-order valence-electron chi connectivity index (χ3n) is 5.63. The summed E-state index contributed by atoms with van der Waals surface area (Å²) in [6, 6.07) is 0. The predicted octanol–water partition coefficient (Wildman–Crippen LogP) is 3.22. The van der Waals surface area contributed by atoms with E-state index in [1.165, 1.54) is 6.16 Å². The molecule has 4 saturated heterocycles. The van der Waals surface area contributed by atoms with Gasteiger partial charge in [-0.2, -0.15) is 0 Å². The lowest BCUT2D eigenvalue weighted by atomic mass is 9.69. The van der Waals surface area contributed by atoms with Gasteiger partial charge >= 0.3 is 0 Å². The summed E-state index contributed by atoms with van der Waals surface area (Å²) in [5, 5.41) is 0.0175. The van der Waals surface area contributed by atoms with Crippen molar-refractivity contribution in [2.75, 3.05) is 6.16 Å². The standard InChI is InChI=1S/C13H21O3P/c1-6-17-11(4)13-7-9(2,15-11)14-10(3,8-13)16-12(13,17)5/h6-8H2,1-5H3. The van der Waals surface area contributed by atoms with Crippen molar-refractivity contribution >= 4 is 7.92 Å². The predicted molar refractivity (Wildman–Crippen MR) is 66.0 cm³/mol. The quantitative estimate of drug-likeness (QED) is 0.674. The molecule has 0 saturated carbocycles. The minimum atomic E-state index is -0.425. The fraction of sp³-hybridized carbons (Fsp3) is 1.00. The Bertz CT molecular complexity index is 391. The summed E-state index contributed by atoms with van der Waals surface area (Å²) in [6.45, 7) is 11.1. The van der Waals surface area contributed by atoms with E-state index >= 15 is 0 Å². The van der Waals surface area contributed by atoms with Crippen molar-refractivity contribution < 1.29 is 14.2 Å². The Morgan fingerprint density at radius 2 is 1.35 bits per heavy atom. The molecule has 0 radical (unpaired) electrons. The minimum Gasteiger partial charge on any atom is -0.339 e. The van der Waals surface area contributed by atoms with Crippen LogP contribution in [-0.2, 0) is 14.2 Å². The van der Waals surface area contributed by atoms with Crippen molar-refractivity contribution in [3.05, 3.63) is 0 Å². The van der Waals surface area contributed by atoms with E-state index in [2.05, 4.69) is 34.6 Å². The lowest BCUT2D eigenvalue weighted by Gasteiger charge is -2.66. The summed E-state index contributed by atoms with van der Waals surface area (Å²) >= 11 is 0. The largest absolute Gasteiger partial charge is 0.339 e. The molecule has 0 amide bonds. The zero-order valence-corrected chi connectivity index (χ0v) is 12.2. The van der Waals surface area contributed by atoms with Gasteiger partial charge in [0.05, 0.1) is 10.7 Å². The van der Waals surface area contributed by atoms with Gasteiger partial charge in [-0.1, -0.05) is 6.92 Å². The summed E-state index contributed by atoms with van der Waals surface area (Å²) in [6.07, 6.45) is 3.18. The molecule has 96 valence electrons. The minimum absolute atomic E-state index is 0.00877. The molecule has 4 aliphatic rings. The van der Waals surface area contributed by atoms with Crippen LogP contribution >= 0.6 is 7.92 Å². The van der Waals surface area contributed by atoms with E-state index in [1.807, 2.05) is 0 Å². The summed E-state index contributed by atoms with van der Waals surface area (Å²) in [5.41, 5.74) is 0.198. The fourth-order valence-corrected chi connectivity index (χ4v) is 9.74. The molecule has 17 heavy (non-hydrogen) atoms. The molecule has 4 fully saturated rings. The first kappa shape index (κ1) is 11.2. The molecular weight excluding hydrogens is 235 g/mol. The highest BCUT2D eigenvalue weighted by atomic mass is 31.1. The van der Waals surface area contributed by atoms with Crippen LogP contribution in [-0.4, -0.2) is 28.4 Å². The molecule has 4 heteroatoms. The molecule has 4 atom stereocenters. The van der Waals surface area contributed by atoms with Crippen LogP contribution in [0.4, 0.5) is 0 Å². The van der Waals surface area contributed by atoms with E-state index in [-0.39, 0.29) is 24.0 Å². The van der Waals surface area contributed by atoms with E-state index in [0.717, 1.165) is 12.8 Å². The highest BCUT2D eigenvalue weighted by molar-refractivity contribution is 7.62. The molecule has 0 aromatic carbocycles. The second-order valence-corrected chi connectivity index (χ2v) is 9.91. The van der Waals surface area contributed by atoms with Crippen LogP contribution in [0.2, 0.25) is 0 Å². The molecule has 4 aliphatic heterocycles. The molecule has 0 aromatic heterocycles. The Morgan fingerprint density at radius 3 is 1.76 bits per heavy atom. The van der Waals surface area contributed by atoms with E-state index in [0.29, 0.717) is 0 Å². The Labute approximate surface area is 104 Å². The highest BCUT2D eigenvalue weighted by Crippen LogP contribution is 2.93. The number of hydrogen-bond donors (Lipinski definition) is 0. The SMILES string of the molecule is CCP1C2(C)OC3(C)CC24CC(C)(O3)OC14C. The van der Waals surface area contributed by atoms with E-state index < -0.39 is 11.6 Å². The van der Waals surface area contributed by atoms with E-state index in [4.69, 9.17) is 14.2 Å². The number of fused-ring (bicyclic) bond motifs is 2. The molecule has 0 aromatic rings. The van der Waals surface area contributed by atoms with Gasteiger partial charge in [0.2, 0.25) is 0 Å². The van der Waals surface area contributed by atoms with Gasteiger partial charge in [-0.25, -0.2) is 0 Å². The van der Waals surface area contributed by atoms with Crippen LogP contribution in [0.1, 0.15) is 47.5 Å². The first-order valence-corrected chi connectivity index (χ1v) is 8.14. The maximum atomic E-state index is 6.41. The maximum Gasteiger partial charge on any atom is 0.170 e. The molecule has 4 rings (SSSR count). The van der Waals surface area contributed by atoms with Gasteiger partial charge in [0.1, 0.15) is 0 Å². The van der Waals surface area contributed by atoms with Crippen LogP contribution < -0.4 is 0 Å². The van der Waals surface area contributed by atoms with E-state index in [1.54, 1.807) is 0 Å². The van der Waals surface area contributed by atoms with Crippen LogP contribution in [0.3, 0.4) is 0 Å². The second kappa shape index (κ2) is 2.47. The third kappa shape index (κ3) is 0.860.